The first kappa shape index (κ1) is 13.1. The monoisotopic (exact) mass is 259 g/mol. The largest absolute Gasteiger partial charge is 0.508 e. The number of rotatable bonds is 2. The van der Waals surface area contributed by atoms with Gasteiger partial charge in [0.25, 0.3) is 5.91 Å². The van der Waals surface area contributed by atoms with Crippen LogP contribution in [0.15, 0.2) is 36.4 Å². The smallest absolute Gasteiger partial charge is 0.255 e. The zero-order valence-electron chi connectivity index (χ0n) is 10.7. The number of nitrogens with one attached hydrogen (secondary N) is 1. The maximum absolute atomic E-state index is 13.5. The summed E-state index contributed by atoms with van der Waals surface area (Å²) in [7, 11) is 0. The molecule has 0 fully saturated rings. The second-order valence-corrected chi connectivity index (χ2v) is 4.42. The number of amides is 1. The average molecular weight is 259 g/mol. The highest BCUT2D eigenvalue weighted by Gasteiger charge is 2.10. The Morgan fingerprint density at radius 2 is 1.84 bits per heavy atom. The number of halogens is 1. The standard InChI is InChI=1S/C15H14FNO2/c1-9-3-4-11(7-10(9)2)15(19)17-14-6-5-12(18)8-13(14)16/h3-8,18H,1-2H3,(H,17,19). The summed E-state index contributed by atoms with van der Waals surface area (Å²) in [6.45, 7) is 3.86. The van der Waals surface area contributed by atoms with E-state index in [1.165, 1.54) is 12.1 Å². The van der Waals surface area contributed by atoms with Crippen LogP contribution in [-0.2, 0) is 0 Å². The summed E-state index contributed by atoms with van der Waals surface area (Å²) in [6, 6.07) is 8.88. The topological polar surface area (TPSA) is 49.3 Å². The predicted octanol–water partition coefficient (Wildman–Crippen LogP) is 3.40. The zero-order valence-corrected chi connectivity index (χ0v) is 10.7. The molecule has 0 aromatic heterocycles. The van der Waals surface area contributed by atoms with E-state index in [2.05, 4.69) is 5.32 Å². The molecule has 3 nitrogen and oxygen atoms in total. The first-order valence-electron chi connectivity index (χ1n) is 5.84. The maximum atomic E-state index is 13.5. The van der Waals surface area contributed by atoms with E-state index >= 15 is 0 Å². The summed E-state index contributed by atoms with van der Waals surface area (Å²) in [5.74, 6) is -1.23. The van der Waals surface area contributed by atoms with Gasteiger partial charge in [0.15, 0.2) is 0 Å². The van der Waals surface area contributed by atoms with Crippen molar-refractivity contribution in [1.82, 2.24) is 0 Å². The van der Waals surface area contributed by atoms with Crippen molar-refractivity contribution in [2.45, 2.75) is 13.8 Å². The summed E-state index contributed by atoms with van der Waals surface area (Å²) >= 11 is 0. The quantitative estimate of drug-likeness (QED) is 0.812. The van der Waals surface area contributed by atoms with Crippen LogP contribution in [0.25, 0.3) is 0 Å². The Balaban J connectivity index is 2.23. The molecular weight excluding hydrogens is 245 g/mol. The third-order valence-corrected chi connectivity index (χ3v) is 2.97. The van der Waals surface area contributed by atoms with E-state index in [4.69, 9.17) is 5.11 Å². The summed E-state index contributed by atoms with van der Waals surface area (Å²) in [6.07, 6.45) is 0. The van der Waals surface area contributed by atoms with Crippen LogP contribution < -0.4 is 5.32 Å². The Morgan fingerprint density at radius 3 is 2.47 bits per heavy atom. The van der Waals surface area contributed by atoms with E-state index in [9.17, 15) is 9.18 Å². The second kappa shape index (κ2) is 5.10. The molecule has 0 saturated heterocycles. The Bertz CT molecular complexity index is 638. The molecule has 0 bridgehead atoms. The molecule has 2 rings (SSSR count). The Hall–Kier alpha value is -2.36. The number of phenolic OH excluding ortho intramolecular Hbond substituents is 1. The van der Waals surface area contributed by atoms with Crippen LogP contribution in [-0.4, -0.2) is 11.0 Å². The lowest BCUT2D eigenvalue weighted by molar-refractivity contribution is 0.102. The molecule has 19 heavy (non-hydrogen) atoms. The predicted molar refractivity (Wildman–Crippen MR) is 71.9 cm³/mol. The molecule has 0 saturated carbocycles. The van der Waals surface area contributed by atoms with Crippen molar-refractivity contribution in [2.75, 3.05) is 5.32 Å². The number of hydrogen-bond acceptors (Lipinski definition) is 2. The van der Waals surface area contributed by atoms with E-state index in [0.29, 0.717) is 5.56 Å². The van der Waals surface area contributed by atoms with Crippen LogP contribution in [0.2, 0.25) is 0 Å². The lowest BCUT2D eigenvalue weighted by atomic mass is 10.1. The van der Waals surface area contributed by atoms with E-state index in [0.717, 1.165) is 17.2 Å². The van der Waals surface area contributed by atoms with Gasteiger partial charge in [-0.05, 0) is 49.2 Å². The van der Waals surface area contributed by atoms with Crippen LogP contribution in [0.3, 0.4) is 0 Å². The molecule has 1 amide bonds. The van der Waals surface area contributed by atoms with Crippen molar-refractivity contribution < 1.29 is 14.3 Å². The number of aromatic hydroxyl groups is 1. The fraction of sp³-hybridized carbons (Fsp3) is 0.133. The molecule has 0 aliphatic rings. The second-order valence-electron chi connectivity index (χ2n) is 4.42. The summed E-state index contributed by atoms with van der Waals surface area (Å²) in [4.78, 5) is 12.0. The number of aryl methyl sites for hydroxylation is 2. The van der Waals surface area contributed by atoms with Crippen molar-refractivity contribution in [3.63, 3.8) is 0 Å². The molecular formula is C15H14FNO2. The van der Waals surface area contributed by atoms with Gasteiger partial charge in [-0.2, -0.15) is 0 Å². The van der Waals surface area contributed by atoms with Crippen molar-refractivity contribution in [2.24, 2.45) is 0 Å². The van der Waals surface area contributed by atoms with Crippen molar-refractivity contribution in [3.05, 3.63) is 58.9 Å². The van der Waals surface area contributed by atoms with Gasteiger partial charge in [0.2, 0.25) is 0 Å². The molecule has 4 heteroatoms. The zero-order chi connectivity index (χ0) is 14.0. The average Bonchev–Trinajstić information content (AvgIpc) is 2.36. The highest BCUT2D eigenvalue weighted by Crippen LogP contribution is 2.20. The lowest BCUT2D eigenvalue weighted by Crippen LogP contribution is -2.13. The third kappa shape index (κ3) is 2.91. The fourth-order valence-corrected chi connectivity index (χ4v) is 1.68. The van der Waals surface area contributed by atoms with Gasteiger partial charge in [0.05, 0.1) is 5.69 Å². The lowest BCUT2D eigenvalue weighted by Gasteiger charge is -2.08. The molecule has 98 valence electrons. The van der Waals surface area contributed by atoms with E-state index in [1.54, 1.807) is 12.1 Å². The SMILES string of the molecule is Cc1ccc(C(=O)Nc2ccc(O)cc2F)cc1C. The molecule has 0 aliphatic carbocycles. The molecule has 0 atom stereocenters. The minimum Gasteiger partial charge on any atom is -0.508 e. The first-order chi connectivity index (χ1) is 8.97. The summed E-state index contributed by atoms with van der Waals surface area (Å²) in [5, 5.41) is 11.6. The van der Waals surface area contributed by atoms with Gasteiger partial charge in [-0.3, -0.25) is 4.79 Å². The third-order valence-electron chi connectivity index (χ3n) is 2.97. The van der Waals surface area contributed by atoms with E-state index in [-0.39, 0.29) is 17.3 Å². The van der Waals surface area contributed by atoms with Crippen molar-refractivity contribution >= 4 is 11.6 Å². The molecule has 0 spiro atoms. The molecule has 0 heterocycles. The molecule has 2 aromatic rings. The van der Waals surface area contributed by atoms with Crippen LogP contribution in [0, 0.1) is 19.7 Å². The molecule has 0 aliphatic heterocycles. The van der Waals surface area contributed by atoms with E-state index < -0.39 is 5.82 Å². The number of carbonyl (C=O) groups is 1. The maximum Gasteiger partial charge on any atom is 0.255 e. The number of benzene rings is 2. The van der Waals surface area contributed by atoms with E-state index in [1.807, 2.05) is 19.9 Å². The Labute approximate surface area is 110 Å². The van der Waals surface area contributed by atoms with Crippen LogP contribution in [0.1, 0.15) is 21.5 Å². The van der Waals surface area contributed by atoms with Gasteiger partial charge in [-0.25, -0.2) is 4.39 Å². The Morgan fingerprint density at radius 1 is 1.11 bits per heavy atom. The fourth-order valence-electron chi connectivity index (χ4n) is 1.68. The Kier molecular flexibility index (Phi) is 3.51. The van der Waals surface area contributed by atoms with Gasteiger partial charge in [-0.15, -0.1) is 0 Å². The number of anilines is 1. The van der Waals surface area contributed by atoms with Gasteiger partial charge >= 0.3 is 0 Å². The van der Waals surface area contributed by atoms with Crippen molar-refractivity contribution in [1.29, 1.82) is 0 Å². The van der Waals surface area contributed by atoms with Gasteiger partial charge in [0.1, 0.15) is 11.6 Å². The number of hydrogen-bond donors (Lipinski definition) is 2. The minimum atomic E-state index is -0.669. The first-order valence-corrected chi connectivity index (χ1v) is 5.84. The number of phenols is 1. The van der Waals surface area contributed by atoms with Crippen LogP contribution in [0.5, 0.6) is 5.75 Å². The van der Waals surface area contributed by atoms with Gasteiger partial charge < -0.3 is 10.4 Å². The summed E-state index contributed by atoms with van der Waals surface area (Å²) in [5.41, 5.74) is 2.60. The molecule has 2 aromatic carbocycles. The highest BCUT2D eigenvalue weighted by molar-refractivity contribution is 6.04. The van der Waals surface area contributed by atoms with Gasteiger partial charge in [-0.1, -0.05) is 6.07 Å². The summed E-state index contributed by atoms with van der Waals surface area (Å²) < 4.78 is 13.5. The van der Waals surface area contributed by atoms with Crippen molar-refractivity contribution in [3.8, 4) is 5.75 Å². The molecule has 0 unspecified atom stereocenters. The normalized spacial score (nSPS) is 10.3. The highest BCUT2D eigenvalue weighted by atomic mass is 19.1. The van der Waals surface area contributed by atoms with Crippen LogP contribution in [0.4, 0.5) is 10.1 Å². The minimum absolute atomic E-state index is 0.0426. The molecule has 2 N–H and O–H groups in total. The molecule has 0 radical (unpaired) electrons. The van der Waals surface area contributed by atoms with Gasteiger partial charge in [0, 0.05) is 11.6 Å². The number of carbonyl (C=O) groups excluding carboxylic acids is 1. The van der Waals surface area contributed by atoms with Crippen LogP contribution >= 0.6 is 0 Å².